The molecule has 0 amide bonds. The fourth-order valence-electron chi connectivity index (χ4n) is 2.43. The van der Waals surface area contributed by atoms with Gasteiger partial charge in [-0.15, -0.1) is 0 Å². The van der Waals surface area contributed by atoms with Crippen LogP contribution in [0.1, 0.15) is 24.0 Å². The van der Waals surface area contributed by atoms with Crippen molar-refractivity contribution in [3.05, 3.63) is 69.7 Å². The zero-order valence-electron chi connectivity index (χ0n) is 11.6. The number of aliphatic carboxylic acids is 1. The highest BCUT2D eigenvalue weighted by molar-refractivity contribution is 9.10. The van der Waals surface area contributed by atoms with Crippen LogP contribution in [0.15, 0.2) is 46.9 Å². The maximum Gasteiger partial charge on any atom is 0.341 e. The van der Waals surface area contributed by atoms with Gasteiger partial charge in [0.05, 0.1) is 0 Å². The van der Waals surface area contributed by atoms with Gasteiger partial charge in [-0.1, -0.05) is 53.2 Å². The topological polar surface area (TPSA) is 57.5 Å². The number of aliphatic hydroxyl groups is 1. The largest absolute Gasteiger partial charge is 0.479 e. The third-order valence-corrected chi connectivity index (χ3v) is 4.30. The Morgan fingerprint density at radius 1 is 1.23 bits per heavy atom. The van der Waals surface area contributed by atoms with Crippen molar-refractivity contribution < 1.29 is 23.8 Å². The van der Waals surface area contributed by atoms with Gasteiger partial charge in [0.1, 0.15) is 11.6 Å². The molecule has 2 N–H and O–H groups in total. The van der Waals surface area contributed by atoms with Crippen LogP contribution in [0.3, 0.4) is 0 Å². The standard InChI is InChI=1S/C16H13BrF2O3/c1-9(14-12(17)7-11(18)8-13(14)19)16(22,15(20)21)10-5-3-2-4-6-10/h2-9,22H,1H3,(H,20,21)/t9-,16+/m1/s1. The highest BCUT2D eigenvalue weighted by Gasteiger charge is 2.45. The predicted octanol–water partition coefficient (Wildman–Crippen LogP) is 3.80. The molecule has 0 aliphatic rings. The smallest absolute Gasteiger partial charge is 0.341 e. The van der Waals surface area contributed by atoms with Crippen molar-refractivity contribution in [1.29, 1.82) is 0 Å². The van der Waals surface area contributed by atoms with E-state index in [2.05, 4.69) is 15.9 Å². The SMILES string of the molecule is C[C@H](c1c(F)cc(F)cc1Br)[C@@](O)(C(=O)O)c1ccccc1. The number of hydrogen-bond donors (Lipinski definition) is 2. The first kappa shape index (κ1) is 16.6. The second kappa shape index (κ2) is 6.14. The molecule has 0 aromatic heterocycles. The molecule has 0 saturated carbocycles. The second-order valence-electron chi connectivity index (χ2n) is 4.94. The van der Waals surface area contributed by atoms with E-state index < -0.39 is 29.1 Å². The minimum absolute atomic E-state index is 0.0631. The molecule has 116 valence electrons. The van der Waals surface area contributed by atoms with E-state index in [1.807, 2.05) is 0 Å². The van der Waals surface area contributed by atoms with Gasteiger partial charge in [0, 0.05) is 22.0 Å². The van der Waals surface area contributed by atoms with Gasteiger partial charge in [0.2, 0.25) is 0 Å². The Morgan fingerprint density at radius 2 is 1.82 bits per heavy atom. The summed E-state index contributed by atoms with van der Waals surface area (Å²) in [6.45, 7) is 1.38. The molecule has 2 aromatic rings. The van der Waals surface area contributed by atoms with Crippen LogP contribution in [-0.2, 0) is 10.4 Å². The maximum atomic E-state index is 14.1. The minimum Gasteiger partial charge on any atom is -0.479 e. The van der Waals surface area contributed by atoms with Crippen LogP contribution in [0.4, 0.5) is 8.78 Å². The quantitative estimate of drug-likeness (QED) is 0.860. The molecule has 6 heteroatoms. The van der Waals surface area contributed by atoms with Crippen LogP contribution >= 0.6 is 15.9 Å². The molecule has 0 spiro atoms. The summed E-state index contributed by atoms with van der Waals surface area (Å²) < 4.78 is 27.4. The molecular formula is C16H13BrF2O3. The lowest BCUT2D eigenvalue weighted by Crippen LogP contribution is -2.41. The number of carbonyl (C=O) groups is 1. The Labute approximate surface area is 134 Å². The van der Waals surface area contributed by atoms with Crippen LogP contribution in [0.25, 0.3) is 0 Å². The fourth-order valence-corrected chi connectivity index (χ4v) is 3.18. The van der Waals surface area contributed by atoms with Crippen LogP contribution in [0.5, 0.6) is 0 Å². The summed E-state index contributed by atoms with van der Waals surface area (Å²) in [5, 5.41) is 20.2. The fraction of sp³-hybridized carbons (Fsp3) is 0.188. The monoisotopic (exact) mass is 370 g/mol. The first-order valence-corrected chi connectivity index (χ1v) is 7.23. The number of hydrogen-bond acceptors (Lipinski definition) is 2. The zero-order valence-corrected chi connectivity index (χ0v) is 13.1. The van der Waals surface area contributed by atoms with Crippen LogP contribution in [-0.4, -0.2) is 16.2 Å². The van der Waals surface area contributed by atoms with E-state index in [0.717, 1.165) is 6.07 Å². The average molecular weight is 371 g/mol. The normalized spacial score (nSPS) is 15.1. The Balaban J connectivity index is 2.63. The van der Waals surface area contributed by atoms with Crippen molar-refractivity contribution in [1.82, 2.24) is 0 Å². The highest BCUT2D eigenvalue weighted by Crippen LogP contribution is 2.41. The number of benzene rings is 2. The van der Waals surface area contributed by atoms with Gasteiger partial charge in [0.15, 0.2) is 5.60 Å². The molecule has 3 nitrogen and oxygen atoms in total. The average Bonchev–Trinajstić information content (AvgIpc) is 2.45. The van der Waals surface area contributed by atoms with Crippen molar-refractivity contribution in [3.63, 3.8) is 0 Å². The molecule has 0 aliphatic heterocycles. The van der Waals surface area contributed by atoms with E-state index >= 15 is 0 Å². The number of halogens is 3. The van der Waals surface area contributed by atoms with Gasteiger partial charge in [-0.05, 0) is 11.6 Å². The summed E-state index contributed by atoms with van der Waals surface area (Å²) in [7, 11) is 0. The van der Waals surface area contributed by atoms with Crippen molar-refractivity contribution in [2.45, 2.75) is 18.4 Å². The lowest BCUT2D eigenvalue weighted by molar-refractivity contribution is -0.162. The molecule has 0 radical (unpaired) electrons. The molecule has 2 aromatic carbocycles. The molecule has 2 atom stereocenters. The molecule has 0 bridgehead atoms. The number of rotatable bonds is 4. The van der Waals surface area contributed by atoms with Gasteiger partial charge in [0.25, 0.3) is 0 Å². The third-order valence-electron chi connectivity index (χ3n) is 3.64. The zero-order chi connectivity index (χ0) is 16.5. The summed E-state index contributed by atoms with van der Waals surface area (Å²) in [6.07, 6.45) is 0. The Hall–Kier alpha value is -1.79. The molecule has 0 heterocycles. The summed E-state index contributed by atoms with van der Waals surface area (Å²) in [5.74, 6) is -4.38. The van der Waals surface area contributed by atoms with Crippen LogP contribution < -0.4 is 0 Å². The van der Waals surface area contributed by atoms with Gasteiger partial charge in [-0.25, -0.2) is 13.6 Å². The summed E-state index contributed by atoms with van der Waals surface area (Å²) in [6, 6.07) is 9.40. The molecule has 0 saturated heterocycles. The predicted molar refractivity (Wildman–Crippen MR) is 80.4 cm³/mol. The molecule has 0 aliphatic carbocycles. The third kappa shape index (κ3) is 2.76. The first-order chi connectivity index (χ1) is 10.3. The lowest BCUT2D eigenvalue weighted by Gasteiger charge is -2.31. The van der Waals surface area contributed by atoms with E-state index in [1.165, 1.54) is 19.1 Å². The highest BCUT2D eigenvalue weighted by atomic mass is 79.9. The van der Waals surface area contributed by atoms with Gasteiger partial charge >= 0.3 is 5.97 Å². The van der Waals surface area contributed by atoms with Crippen molar-refractivity contribution >= 4 is 21.9 Å². The minimum atomic E-state index is -2.34. The maximum absolute atomic E-state index is 14.1. The van der Waals surface area contributed by atoms with Crippen molar-refractivity contribution in [2.24, 2.45) is 0 Å². The van der Waals surface area contributed by atoms with Gasteiger partial charge in [-0.3, -0.25) is 0 Å². The van der Waals surface area contributed by atoms with E-state index in [-0.39, 0.29) is 15.6 Å². The molecule has 2 rings (SSSR count). The van der Waals surface area contributed by atoms with Gasteiger partial charge in [-0.2, -0.15) is 0 Å². The number of carboxylic acids is 1. The Kier molecular flexibility index (Phi) is 4.63. The van der Waals surface area contributed by atoms with E-state index in [4.69, 9.17) is 0 Å². The lowest BCUT2D eigenvalue weighted by atomic mass is 9.78. The van der Waals surface area contributed by atoms with E-state index in [9.17, 15) is 23.8 Å². The summed E-state index contributed by atoms with van der Waals surface area (Å²) >= 11 is 3.03. The molecule has 0 unspecified atom stereocenters. The molecular weight excluding hydrogens is 358 g/mol. The van der Waals surface area contributed by atoms with E-state index in [1.54, 1.807) is 18.2 Å². The number of carboxylic acid groups (broad SMARTS) is 1. The Bertz CT molecular complexity index is 683. The van der Waals surface area contributed by atoms with Crippen LogP contribution in [0.2, 0.25) is 0 Å². The van der Waals surface area contributed by atoms with Crippen LogP contribution in [0, 0.1) is 11.6 Å². The van der Waals surface area contributed by atoms with Crippen molar-refractivity contribution in [3.8, 4) is 0 Å². The summed E-state index contributed by atoms with van der Waals surface area (Å²) in [5.41, 5.74) is -2.33. The summed E-state index contributed by atoms with van der Waals surface area (Å²) in [4.78, 5) is 11.7. The van der Waals surface area contributed by atoms with Gasteiger partial charge < -0.3 is 10.2 Å². The first-order valence-electron chi connectivity index (χ1n) is 6.44. The van der Waals surface area contributed by atoms with Crippen molar-refractivity contribution in [2.75, 3.05) is 0 Å². The molecule has 0 fully saturated rings. The molecule has 22 heavy (non-hydrogen) atoms. The second-order valence-corrected chi connectivity index (χ2v) is 5.80. The Morgan fingerprint density at radius 3 is 2.32 bits per heavy atom. The van der Waals surface area contributed by atoms with E-state index in [0.29, 0.717) is 6.07 Å².